The summed E-state index contributed by atoms with van der Waals surface area (Å²) < 4.78 is 6.05. The van der Waals surface area contributed by atoms with Gasteiger partial charge in [0.25, 0.3) is 11.6 Å². The zero-order valence-electron chi connectivity index (χ0n) is 15.4. The molecule has 0 spiro atoms. The summed E-state index contributed by atoms with van der Waals surface area (Å²) in [6.07, 6.45) is 0. The molecule has 1 amide bonds. The van der Waals surface area contributed by atoms with Crippen molar-refractivity contribution >= 4 is 47.1 Å². The summed E-state index contributed by atoms with van der Waals surface area (Å²) in [5.41, 5.74) is 7.09. The van der Waals surface area contributed by atoms with E-state index in [1.807, 2.05) is 0 Å². The van der Waals surface area contributed by atoms with Crippen molar-refractivity contribution in [3.05, 3.63) is 28.9 Å². The maximum Gasteiger partial charge on any atom is 0.378 e. The fourth-order valence-electron chi connectivity index (χ4n) is 3.09. The van der Waals surface area contributed by atoms with Crippen LogP contribution in [0.25, 0.3) is 5.78 Å². The van der Waals surface area contributed by atoms with E-state index in [0.717, 1.165) is 0 Å². The molecule has 4 heterocycles. The predicted octanol–water partition coefficient (Wildman–Crippen LogP) is -0.107. The summed E-state index contributed by atoms with van der Waals surface area (Å²) in [5.74, 6) is -1.24. The van der Waals surface area contributed by atoms with Gasteiger partial charge in [0.15, 0.2) is 0 Å². The molecule has 152 valence electrons. The lowest BCUT2D eigenvalue weighted by atomic mass is 10.0. The summed E-state index contributed by atoms with van der Waals surface area (Å²) in [4.78, 5) is 45.1. The summed E-state index contributed by atoms with van der Waals surface area (Å²) in [6, 6.07) is 1.10. The summed E-state index contributed by atoms with van der Waals surface area (Å²) in [7, 11) is 1.24. The molecule has 2 aliphatic rings. The van der Waals surface area contributed by atoms with Gasteiger partial charge in [-0.2, -0.15) is 4.98 Å². The molecule has 0 saturated carbocycles. The van der Waals surface area contributed by atoms with Gasteiger partial charge >= 0.3 is 11.9 Å². The second kappa shape index (κ2) is 7.31. The van der Waals surface area contributed by atoms with E-state index in [1.165, 1.54) is 40.0 Å². The Bertz CT molecular complexity index is 1080. The Balaban J connectivity index is 1.59. The number of aliphatic carboxylic acids is 1. The molecule has 29 heavy (non-hydrogen) atoms. The Hall–Kier alpha value is -2.64. The van der Waals surface area contributed by atoms with E-state index in [2.05, 4.69) is 19.8 Å². The standard InChI is InChI=1S/C16H16N6O5S2/c1-6-3-8(18-16-19-11(15(26)27-2)20-22(6)16)28-4-7-5-29-13-9(17)12(23)21(13)10(7)14(24)25/h3,9,13H,4-5,17H2,1-2H3,(H,24,25)/t9-,13-/m1/s1. The number of fused-ring (bicyclic) bond motifs is 2. The van der Waals surface area contributed by atoms with Crippen LogP contribution in [0, 0.1) is 6.92 Å². The Labute approximate surface area is 172 Å². The van der Waals surface area contributed by atoms with Crippen LogP contribution < -0.4 is 5.73 Å². The number of aryl methyl sites for hydroxylation is 1. The van der Waals surface area contributed by atoms with Gasteiger partial charge in [0.05, 0.1) is 7.11 Å². The van der Waals surface area contributed by atoms with E-state index >= 15 is 0 Å². The number of ether oxygens (including phenoxy) is 1. The fraction of sp³-hybridized carbons (Fsp3) is 0.375. The van der Waals surface area contributed by atoms with Gasteiger partial charge in [0.1, 0.15) is 22.1 Å². The molecule has 1 fully saturated rings. The van der Waals surface area contributed by atoms with Crippen LogP contribution in [0.5, 0.6) is 0 Å². The zero-order valence-corrected chi connectivity index (χ0v) is 17.0. The monoisotopic (exact) mass is 436 g/mol. The number of rotatable bonds is 5. The van der Waals surface area contributed by atoms with E-state index in [4.69, 9.17) is 5.73 Å². The third-order valence-corrected chi connectivity index (χ3v) is 6.88. The van der Waals surface area contributed by atoms with Crippen LogP contribution in [0.3, 0.4) is 0 Å². The maximum absolute atomic E-state index is 12.0. The molecule has 2 aromatic rings. The number of carboxylic acid groups (broad SMARTS) is 1. The van der Waals surface area contributed by atoms with Gasteiger partial charge in [-0.1, -0.05) is 0 Å². The van der Waals surface area contributed by atoms with Crippen LogP contribution in [0.1, 0.15) is 16.3 Å². The lowest BCUT2D eigenvalue weighted by molar-refractivity contribution is -0.147. The predicted molar refractivity (Wildman–Crippen MR) is 103 cm³/mol. The molecule has 0 unspecified atom stereocenters. The largest absolute Gasteiger partial charge is 0.477 e. The summed E-state index contributed by atoms with van der Waals surface area (Å²) in [5, 5.41) is 13.9. The first-order valence-corrected chi connectivity index (χ1v) is 10.5. The molecule has 0 aromatic carbocycles. The van der Waals surface area contributed by atoms with Crippen molar-refractivity contribution in [2.75, 3.05) is 18.6 Å². The van der Waals surface area contributed by atoms with Crippen LogP contribution >= 0.6 is 23.5 Å². The molecule has 2 aliphatic heterocycles. The molecule has 3 N–H and O–H groups in total. The molecule has 2 atom stereocenters. The second-order valence-electron chi connectivity index (χ2n) is 6.36. The number of carbonyl (C=O) groups excluding carboxylic acids is 2. The number of esters is 1. The van der Waals surface area contributed by atoms with Crippen LogP contribution in [0.2, 0.25) is 0 Å². The highest BCUT2D eigenvalue weighted by Gasteiger charge is 2.51. The molecule has 13 heteroatoms. The summed E-state index contributed by atoms with van der Waals surface area (Å²) >= 11 is 2.77. The number of thioether (sulfide) groups is 2. The number of carbonyl (C=O) groups is 3. The van der Waals surface area contributed by atoms with Gasteiger partial charge in [-0.25, -0.2) is 19.1 Å². The number of β-lactam (4-membered cyclic amide) rings is 1. The van der Waals surface area contributed by atoms with Crippen molar-refractivity contribution in [3.63, 3.8) is 0 Å². The van der Waals surface area contributed by atoms with Gasteiger partial charge in [-0.15, -0.1) is 28.6 Å². The van der Waals surface area contributed by atoms with E-state index in [-0.39, 0.29) is 28.6 Å². The number of carboxylic acids is 1. The van der Waals surface area contributed by atoms with Gasteiger partial charge in [-0.05, 0) is 18.6 Å². The van der Waals surface area contributed by atoms with Crippen molar-refractivity contribution in [2.45, 2.75) is 23.4 Å². The number of amides is 1. The minimum absolute atomic E-state index is 0.00112. The normalized spacial score (nSPS) is 21.2. The smallest absolute Gasteiger partial charge is 0.378 e. The molecule has 11 nitrogen and oxygen atoms in total. The molecule has 0 aliphatic carbocycles. The van der Waals surface area contributed by atoms with Crippen LogP contribution in [0.4, 0.5) is 0 Å². The van der Waals surface area contributed by atoms with Gasteiger partial charge in [0, 0.05) is 17.2 Å². The maximum atomic E-state index is 12.0. The van der Waals surface area contributed by atoms with Crippen molar-refractivity contribution in [2.24, 2.45) is 5.73 Å². The van der Waals surface area contributed by atoms with Crippen LogP contribution in [0.15, 0.2) is 22.4 Å². The molecule has 2 aromatic heterocycles. The molecular weight excluding hydrogens is 420 g/mol. The van der Waals surface area contributed by atoms with Gasteiger partial charge in [-0.3, -0.25) is 9.69 Å². The minimum Gasteiger partial charge on any atom is -0.477 e. The fourth-order valence-corrected chi connectivity index (χ4v) is 5.47. The van der Waals surface area contributed by atoms with Crippen molar-refractivity contribution in [1.82, 2.24) is 24.5 Å². The van der Waals surface area contributed by atoms with Crippen LogP contribution in [-0.4, -0.2) is 77.5 Å². The number of aromatic nitrogens is 4. The highest BCUT2D eigenvalue weighted by molar-refractivity contribution is 8.01. The number of hydrogen-bond acceptors (Lipinski definition) is 10. The lowest BCUT2D eigenvalue weighted by Crippen LogP contribution is -2.68. The highest BCUT2D eigenvalue weighted by Crippen LogP contribution is 2.40. The van der Waals surface area contributed by atoms with E-state index < -0.39 is 18.0 Å². The third-order valence-electron chi connectivity index (χ3n) is 4.52. The van der Waals surface area contributed by atoms with Gasteiger partial charge < -0.3 is 15.6 Å². The quantitative estimate of drug-likeness (QED) is 0.279. The number of nitrogens with two attached hydrogens (primary N) is 1. The molecule has 1 saturated heterocycles. The number of nitrogens with zero attached hydrogens (tertiary/aromatic N) is 5. The second-order valence-corrected chi connectivity index (χ2v) is 8.46. The molecular formula is C16H16N6O5S2. The molecule has 0 radical (unpaired) electrons. The first-order valence-electron chi connectivity index (χ1n) is 8.43. The number of hydrogen-bond donors (Lipinski definition) is 2. The Morgan fingerprint density at radius 1 is 1.45 bits per heavy atom. The van der Waals surface area contributed by atoms with Crippen molar-refractivity contribution in [1.29, 1.82) is 0 Å². The Kier molecular flexibility index (Phi) is 4.96. The summed E-state index contributed by atoms with van der Waals surface area (Å²) in [6.45, 7) is 1.79. The zero-order chi connectivity index (χ0) is 20.9. The average Bonchev–Trinajstić information content (AvgIpc) is 3.15. The SMILES string of the molecule is COC(=O)c1nc2nc(SCC3=C(C(=O)O)N4C(=O)[C@@H](N)[C@H]4SC3)cc(C)n2n1. The van der Waals surface area contributed by atoms with E-state index in [9.17, 15) is 19.5 Å². The number of methoxy groups -OCH3 is 1. The first-order chi connectivity index (χ1) is 13.8. The average molecular weight is 436 g/mol. The topological polar surface area (TPSA) is 153 Å². The van der Waals surface area contributed by atoms with Crippen molar-refractivity contribution < 1.29 is 24.2 Å². The Morgan fingerprint density at radius 3 is 2.90 bits per heavy atom. The van der Waals surface area contributed by atoms with E-state index in [0.29, 0.717) is 27.8 Å². The molecule has 4 rings (SSSR count). The minimum atomic E-state index is -1.15. The van der Waals surface area contributed by atoms with Crippen molar-refractivity contribution in [3.8, 4) is 0 Å². The van der Waals surface area contributed by atoms with E-state index in [1.54, 1.807) is 13.0 Å². The first kappa shape index (κ1) is 19.7. The highest BCUT2D eigenvalue weighted by atomic mass is 32.2. The molecule has 0 bridgehead atoms. The van der Waals surface area contributed by atoms with Gasteiger partial charge in [0.2, 0.25) is 5.91 Å². The lowest BCUT2D eigenvalue weighted by Gasteiger charge is -2.48. The third kappa shape index (κ3) is 3.24. The Morgan fingerprint density at radius 2 is 2.21 bits per heavy atom. The van der Waals surface area contributed by atoms with Crippen LogP contribution in [-0.2, 0) is 14.3 Å².